The highest BCUT2D eigenvalue weighted by Gasteiger charge is 2.12. The van der Waals surface area contributed by atoms with Gasteiger partial charge >= 0.3 is 0 Å². The second-order valence-corrected chi connectivity index (χ2v) is 6.56. The monoisotopic (exact) mass is 335 g/mol. The number of pyridine rings is 1. The molecular formula is C18H26ClN3O. The van der Waals surface area contributed by atoms with Crippen LogP contribution in [-0.4, -0.2) is 35.3 Å². The van der Waals surface area contributed by atoms with E-state index in [1.54, 1.807) is 6.20 Å². The minimum absolute atomic E-state index is 0.0938. The van der Waals surface area contributed by atoms with E-state index in [1.165, 1.54) is 0 Å². The number of hydrogen-bond donors (Lipinski definition) is 1. The summed E-state index contributed by atoms with van der Waals surface area (Å²) in [5, 5.41) is 17.6. The molecule has 0 radical (unpaired) electrons. The maximum Gasteiger partial charge on any atom is 0.0784 e. The van der Waals surface area contributed by atoms with Gasteiger partial charge in [-0.05, 0) is 57.9 Å². The van der Waals surface area contributed by atoms with Crippen LogP contribution in [0.15, 0.2) is 30.5 Å². The number of benzene rings is 1. The lowest BCUT2D eigenvalue weighted by Gasteiger charge is -2.41. The first kappa shape index (κ1) is 18.0. The summed E-state index contributed by atoms with van der Waals surface area (Å²) in [5.41, 5.74) is 1.95. The Hall–Kier alpha value is -1.36. The van der Waals surface area contributed by atoms with Crippen LogP contribution in [0.25, 0.3) is 10.9 Å². The predicted octanol–water partition coefficient (Wildman–Crippen LogP) is 4.82. The van der Waals surface area contributed by atoms with E-state index in [0.717, 1.165) is 29.4 Å². The Balaban J connectivity index is 1.97. The minimum Gasteiger partial charge on any atom is -0.633 e. The van der Waals surface area contributed by atoms with E-state index >= 15 is 0 Å². The zero-order valence-electron chi connectivity index (χ0n) is 14.2. The lowest BCUT2D eigenvalue weighted by Crippen LogP contribution is -2.42. The van der Waals surface area contributed by atoms with Crippen LogP contribution in [0.2, 0.25) is 5.02 Å². The number of aromatic nitrogens is 1. The van der Waals surface area contributed by atoms with Crippen molar-refractivity contribution in [3.05, 3.63) is 40.7 Å². The summed E-state index contributed by atoms with van der Waals surface area (Å²) in [6.45, 7) is 8.06. The highest BCUT2D eigenvalue weighted by Crippen LogP contribution is 2.25. The number of nitrogens with one attached hydrogen (secondary N) is 1. The van der Waals surface area contributed by atoms with Crippen LogP contribution in [0, 0.1) is 5.21 Å². The Bertz CT molecular complexity index is 643. The molecule has 0 spiro atoms. The second kappa shape index (κ2) is 7.95. The highest BCUT2D eigenvalue weighted by molar-refractivity contribution is 6.31. The molecule has 1 aromatic heterocycles. The van der Waals surface area contributed by atoms with E-state index < -0.39 is 0 Å². The molecule has 1 aromatic carbocycles. The summed E-state index contributed by atoms with van der Waals surface area (Å²) >= 11 is 6.02. The third-order valence-corrected chi connectivity index (χ3v) is 4.70. The molecule has 0 aliphatic carbocycles. The maximum atomic E-state index is 12.3. The van der Waals surface area contributed by atoms with Crippen molar-refractivity contribution in [2.75, 3.05) is 25.0 Å². The fourth-order valence-corrected chi connectivity index (χ4v) is 2.98. The molecule has 1 unspecified atom stereocenters. The standard InChI is InChI=1S/C18H26ClN3O/c1-4-22(23,5-2)12-6-7-14(3)21-17-10-11-20-18-13-15(19)8-9-16(17)18/h8-11,13-14H,4-7,12H2,1-3H3,(H,20,21). The average Bonchev–Trinajstić information content (AvgIpc) is 2.54. The van der Waals surface area contributed by atoms with Crippen LogP contribution >= 0.6 is 11.6 Å². The van der Waals surface area contributed by atoms with Crippen LogP contribution < -0.4 is 5.32 Å². The third kappa shape index (κ3) is 4.80. The van der Waals surface area contributed by atoms with Gasteiger partial charge in [-0.3, -0.25) is 4.98 Å². The van der Waals surface area contributed by atoms with Gasteiger partial charge in [0.2, 0.25) is 0 Å². The summed E-state index contributed by atoms with van der Waals surface area (Å²) in [4.78, 5) is 4.36. The van der Waals surface area contributed by atoms with Crippen molar-refractivity contribution in [2.45, 2.75) is 39.7 Å². The van der Waals surface area contributed by atoms with Gasteiger partial charge in [-0.15, -0.1) is 0 Å². The van der Waals surface area contributed by atoms with Gasteiger partial charge in [0.05, 0.1) is 25.2 Å². The fraction of sp³-hybridized carbons (Fsp3) is 0.500. The molecule has 23 heavy (non-hydrogen) atoms. The number of hydrogen-bond acceptors (Lipinski definition) is 3. The Labute approximate surface area is 143 Å². The first-order chi connectivity index (χ1) is 11.0. The van der Waals surface area contributed by atoms with Crippen molar-refractivity contribution in [2.24, 2.45) is 0 Å². The van der Waals surface area contributed by atoms with Crippen LogP contribution in [0.5, 0.6) is 0 Å². The third-order valence-electron chi connectivity index (χ3n) is 4.46. The van der Waals surface area contributed by atoms with Gasteiger partial charge in [0.1, 0.15) is 0 Å². The molecule has 2 aromatic rings. The van der Waals surface area contributed by atoms with Gasteiger partial charge in [0.15, 0.2) is 0 Å². The molecule has 0 amide bonds. The summed E-state index contributed by atoms with van der Waals surface area (Å²) in [5.74, 6) is 0. The van der Waals surface area contributed by atoms with E-state index in [9.17, 15) is 5.21 Å². The zero-order chi connectivity index (χ0) is 16.9. The number of rotatable bonds is 8. The second-order valence-electron chi connectivity index (χ2n) is 6.12. The van der Waals surface area contributed by atoms with Crippen molar-refractivity contribution in [1.29, 1.82) is 0 Å². The summed E-state index contributed by atoms with van der Waals surface area (Å²) in [6, 6.07) is 8.04. The van der Waals surface area contributed by atoms with E-state index in [4.69, 9.17) is 11.6 Å². The Morgan fingerprint density at radius 1 is 1.26 bits per heavy atom. The molecule has 1 atom stereocenters. The molecule has 1 N–H and O–H groups in total. The largest absolute Gasteiger partial charge is 0.633 e. The van der Waals surface area contributed by atoms with Gasteiger partial charge in [-0.1, -0.05) is 11.6 Å². The van der Waals surface area contributed by atoms with E-state index in [1.807, 2.05) is 38.1 Å². The summed E-state index contributed by atoms with van der Waals surface area (Å²) < 4.78 is -0.0938. The van der Waals surface area contributed by atoms with Crippen molar-refractivity contribution in [1.82, 2.24) is 4.98 Å². The molecule has 5 heteroatoms. The molecule has 1 heterocycles. The highest BCUT2D eigenvalue weighted by atomic mass is 35.5. The molecule has 0 fully saturated rings. The SMILES string of the molecule is CC[N+]([O-])(CC)CCCC(C)Nc1ccnc2cc(Cl)ccc12. The smallest absolute Gasteiger partial charge is 0.0784 e. The normalized spacial score (nSPS) is 13.3. The predicted molar refractivity (Wildman–Crippen MR) is 98.6 cm³/mol. The van der Waals surface area contributed by atoms with Gasteiger partial charge in [0.25, 0.3) is 0 Å². The van der Waals surface area contributed by atoms with Gasteiger partial charge in [0, 0.05) is 28.3 Å². The van der Waals surface area contributed by atoms with E-state index in [-0.39, 0.29) is 4.65 Å². The first-order valence-electron chi connectivity index (χ1n) is 8.35. The Morgan fingerprint density at radius 3 is 2.70 bits per heavy atom. The van der Waals surface area contributed by atoms with Gasteiger partial charge in [-0.25, -0.2) is 0 Å². The minimum atomic E-state index is -0.0938. The Morgan fingerprint density at radius 2 is 2.00 bits per heavy atom. The van der Waals surface area contributed by atoms with Gasteiger partial charge < -0.3 is 15.2 Å². The average molecular weight is 336 g/mol. The quantitative estimate of drug-likeness (QED) is 0.555. The fourth-order valence-electron chi connectivity index (χ4n) is 2.81. The number of fused-ring (bicyclic) bond motifs is 1. The zero-order valence-corrected chi connectivity index (χ0v) is 14.9. The molecule has 0 aliphatic heterocycles. The van der Waals surface area contributed by atoms with Crippen molar-refractivity contribution >= 4 is 28.2 Å². The number of anilines is 1. The van der Waals surface area contributed by atoms with Crippen LogP contribution in [0.1, 0.15) is 33.6 Å². The lowest BCUT2D eigenvalue weighted by atomic mass is 10.1. The molecule has 4 nitrogen and oxygen atoms in total. The molecule has 2 rings (SSSR count). The van der Waals surface area contributed by atoms with Crippen LogP contribution in [0.3, 0.4) is 0 Å². The van der Waals surface area contributed by atoms with Crippen LogP contribution in [-0.2, 0) is 0 Å². The van der Waals surface area contributed by atoms with Crippen LogP contribution in [0.4, 0.5) is 5.69 Å². The topological polar surface area (TPSA) is 48.0 Å². The molecule has 0 bridgehead atoms. The number of halogens is 1. The Kier molecular flexibility index (Phi) is 6.22. The van der Waals surface area contributed by atoms with Gasteiger partial charge in [-0.2, -0.15) is 0 Å². The number of nitrogens with zero attached hydrogens (tertiary/aromatic N) is 2. The molecule has 0 saturated carbocycles. The number of quaternary nitrogens is 1. The number of hydroxylamine groups is 3. The van der Waals surface area contributed by atoms with Crippen molar-refractivity contribution in [3.63, 3.8) is 0 Å². The lowest BCUT2D eigenvalue weighted by molar-refractivity contribution is -0.877. The molecule has 0 aliphatic rings. The maximum absolute atomic E-state index is 12.3. The summed E-state index contributed by atoms with van der Waals surface area (Å²) in [7, 11) is 0. The van der Waals surface area contributed by atoms with Crippen molar-refractivity contribution in [3.8, 4) is 0 Å². The van der Waals surface area contributed by atoms with E-state index in [0.29, 0.717) is 30.7 Å². The molecule has 126 valence electrons. The van der Waals surface area contributed by atoms with E-state index in [2.05, 4.69) is 17.2 Å². The summed E-state index contributed by atoms with van der Waals surface area (Å²) in [6.07, 6.45) is 3.69. The van der Waals surface area contributed by atoms with Crippen molar-refractivity contribution < 1.29 is 4.65 Å². The molecular weight excluding hydrogens is 310 g/mol. The molecule has 0 saturated heterocycles. The first-order valence-corrected chi connectivity index (χ1v) is 8.73.